The van der Waals surface area contributed by atoms with Crippen LogP contribution in [0, 0.1) is 18.8 Å². The van der Waals surface area contributed by atoms with E-state index in [0.29, 0.717) is 30.5 Å². The van der Waals surface area contributed by atoms with Gasteiger partial charge in [0.1, 0.15) is 11.4 Å². The van der Waals surface area contributed by atoms with Crippen LogP contribution < -0.4 is 10.1 Å². The molecular weight excluding hydrogens is 577 g/mol. The summed E-state index contributed by atoms with van der Waals surface area (Å²) in [5.74, 6) is -2.39. The Kier molecular flexibility index (Phi) is 12.0. The van der Waals surface area contributed by atoms with Crippen molar-refractivity contribution >= 4 is 17.5 Å². The van der Waals surface area contributed by atoms with E-state index in [1.807, 2.05) is 6.92 Å². The fourth-order valence-corrected chi connectivity index (χ4v) is 4.79. The van der Waals surface area contributed by atoms with Gasteiger partial charge in [-0.2, -0.15) is 35.5 Å². The molecule has 1 amide bonds. The third-order valence-corrected chi connectivity index (χ3v) is 7.19. The molecule has 2 aromatic rings. The van der Waals surface area contributed by atoms with Crippen LogP contribution in [0.3, 0.4) is 0 Å². The summed E-state index contributed by atoms with van der Waals surface area (Å²) in [6, 6.07) is 3.94. The molecule has 0 saturated heterocycles. The van der Waals surface area contributed by atoms with Crippen molar-refractivity contribution in [2.75, 3.05) is 6.54 Å². The Morgan fingerprint density at radius 1 is 1.32 bits per heavy atom. The minimum absolute atomic E-state index is 0.0121. The fourth-order valence-electron chi connectivity index (χ4n) is 4.79. The van der Waals surface area contributed by atoms with E-state index in [1.54, 1.807) is 13.8 Å². The van der Waals surface area contributed by atoms with Crippen LogP contribution in [0.1, 0.15) is 61.6 Å². The molecule has 1 fully saturated rings. The summed E-state index contributed by atoms with van der Waals surface area (Å²) >= 11 is -0.750. The Morgan fingerprint density at radius 2 is 1.95 bits per heavy atom. The molecule has 0 unspecified atom stereocenters. The van der Waals surface area contributed by atoms with Crippen molar-refractivity contribution in [1.29, 1.82) is 0 Å². The highest BCUT2D eigenvalue weighted by Crippen LogP contribution is 2.37. The second kappa shape index (κ2) is 14.3. The number of carbonyl (C=O) groups is 1. The van der Waals surface area contributed by atoms with Crippen LogP contribution in [0.2, 0.25) is 0 Å². The van der Waals surface area contributed by atoms with Gasteiger partial charge in [-0.25, -0.2) is 0 Å². The van der Waals surface area contributed by atoms with E-state index in [0.717, 1.165) is 13.0 Å². The zero-order valence-electron chi connectivity index (χ0n) is 23.0. The number of aliphatic hydroxyl groups is 2. The topological polar surface area (TPSA) is 131 Å². The summed E-state index contributed by atoms with van der Waals surface area (Å²) in [6.07, 6.45) is -4.44. The van der Waals surface area contributed by atoms with Gasteiger partial charge in [-0.3, -0.25) is 9.48 Å². The summed E-state index contributed by atoms with van der Waals surface area (Å²) in [5.41, 5.74) is -0.537. The summed E-state index contributed by atoms with van der Waals surface area (Å²) in [5, 5.41) is 28.1. The molecule has 1 heterocycles. The van der Waals surface area contributed by atoms with E-state index in [9.17, 15) is 37.0 Å². The van der Waals surface area contributed by atoms with Crippen molar-refractivity contribution in [2.45, 2.75) is 84.4 Å². The van der Waals surface area contributed by atoms with Gasteiger partial charge in [0.05, 0.1) is 17.7 Å². The SMILES string of the molecule is CCn1nc(C(=O)NC[C@@]2(O)CC[C@H](C)C[C@@H]2O)c(C)c1-c1ccc(C[C@@H](C)C(F)(F)F)cc1OC(F)F.O=S=O. The molecule has 0 spiro atoms. The monoisotopic (exact) mass is 611 g/mol. The maximum absolute atomic E-state index is 13.3. The van der Waals surface area contributed by atoms with Crippen LogP contribution in [0.15, 0.2) is 18.2 Å². The Morgan fingerprint density at radius 3 is 2.49 bits per heavy atom. The van der Waals surface area contributed by atoms with Gasteiger partial charge in [0, 0.05) is 24.2 Å². The minimum Gasteiger partial charge on any atom is -0.434 e. The highest BCUT2D eigenvalue weighted by Gasteiger charge is 2.41. The first-order chi connectivity index (χ1) is 19.1. The quantitative estimate of drug-likeness (QED) is 0.363. The number of aromatic nitrogens is 2. The number of halogens is 5. The molecule has 0 aliphatic heterocycles. The minimum atomic E-state index is -4.44. The second-order valence-electron chi connectivity index (χ2n) is 10.2. The van der Waals surface area contributed by atoms with Crippen molar-refractivity contribution in [2.24, 2.45) is 11.8 Å². The molecule has 1 aromatic carbocycles. The van der Waals surface area contributed by atoms with Crippen molar-refractivity contribution < 1.29 is 50.1 Å². The normalized spacial score (nSPS) is 21.6. The lowest BCUT2D eigenvalue weighted by atomic mass is 9.77. The number of hydrogen-bond donors (Lipinski definition) is 3. The van der Waals surface area contributed by atoms with Crippen molar-refractivity contribution in [1.82, 2.24) is 15.1 Å². The zero-order chi connectivity index (χ0) is 31.1. The molecule has 1 aliphatic carbocycles. The Labute approximate surface area is 237 Å². The van der Waals surface area contributed by atoms with E-state index in [-0.39, 0.29) is 41.6 Å². The van der Waals surface area contributed by atoms with E-state index >= 15 is 0 Å². The molecule has 0 bridgehead atoms. The zero-order valence-corrected chi connectivity index (χ0v) is 23.8. The molecule has 230 valence electrons. The first kappa shape index (κ1) is 34.3. The number of alkyl halides is 5. The molecule has 9 nitrogen and oxygen atoms in total. The van der Waals surface area contributed by atoms with Gasteiger partial charge in [0.25, 0.3) is 5.91 Å². The highest BCUT2D eigenvalue weighted by molar-refractivity contribution is 7.51. The number of ether oxygens (including phenoxy) is 1. The molecule has 3 rings (SSSR count). The third-order valence-electron chi connectivity index (χ3n) is 7.19. The van der Waals surface area contributed by atoms with Crippen molar-refractivity contribution in [3.8, 4) is 17.0 Å². The summed E-state index contributed by atoms with van der Waals surface area (Å²) < 4.78 is 88.3. The molecule has 1 aromatic heterocycles. The number of benzene rings is 1. The third kappa shape index (κ3) is 8.79. The average molecular weight is 612 g/mol. The van der Waals surface area contributed by atoms with E-state index < -0.39 is 54.3 Å². The number of amides is 1. The number of carbonyl (C=O) groups excluding carboxylic acids is 1. The van der Waals surface area contributed by atoms with Crippen LogP contribution >= 0.6 is 0 Å². The predicted molar refractivity (Wildman–Crippen MR) is 139 cm³/mol. The maximum Gasteiger partial charge on any atom is 0.391 e. The molecular formula is C26H34F5N3O6S. The number of rotatable bonds is 9. The summed E-state index contributed by atoms with van der Waals surface area (Å²) in [6.45, 7) is 3.11. The first-order valence-corrected chi connectivity index (χ1v) is 13.6. The van der Waals surface area contributed by atoms with Crippen LogP contribution in [-0.2, 0) is 24.5 Å². The van der Waals surface area contributed by atoms with E-state index in [4.69, 9.17) is 8.42 Å². The lowest BCUT2D eigenvalue weighted by molar-refractivity contribution is -0.169. The molecule has 15 heteroatoms. The molecule has 3 N–H and O–H groups in total. The van der Waals surface area contributed by atoms with E-state index in [2.05, 4.69) is 15.2 Å². The first-order valence-electron chi connectivity index (χ1n) is 12.9. The van der Waals surface area contributed by atoms with Crippen molar-refractivity contribution in [3.63, 3.8) is 0 Å². The number of hydrogen-bond acceptors (Lipinski definition) is 7. The highest BCUT2D eigenvalue weighted by atomic mass is 32.1. The summed E-state index contributed by atoms with van der Waals surface area (Å²) in [4.78, 5) is 13.0. The number of aryl methyl sites for hydroxylation is 1. The Balaban J connectivity index is 0.00000187. The van der Waals surface area contributed by atoms with Gasteiger partial charge in [0.2, 0.25) is 0 Å². The van der Waals surface area contributed by atoms with Crippen LogP contribution in [0.5, 0.6) is 5.75 Å². The summed E-state index contributed by atoms with van der Waals surface area (Å²) in [7, 11) is 0. The van der Waals surface area contributed by atoms with Crippen molar-refractivity contribution in [3.05, 3.63) is 35.0 Å². The maximum atomic E-state index is 13.3. The van der Waals surface area contributed by atoms with Gasteiger partial charge < -0.3 is 20.3 Å². The Bertz CT molecular complexity index is 1230. The predicted octanol–water partition coefficient (Wildman–Crippen LogP) is 4.19. The number of nitrogens with one attached hydrogen (secondary N) is 1. The number of nitrogens with zero attached hydrogens (tertiary/aromatic N) is 2. The van der Waals surface area contributed by atoms with Crippen LogP contribution in [-0.4, -0.2) is 65.4 Å². The van der Waals surface area contributed by atoms with Gasteiger partial charge >= 0.3 is 24.4 Å². The second-order valence-corrected chi connectivity index (χ2v) is 10.4. The smallest absolute Gasteiger partial charge is 0.391 e. The molecule has 1 aliphatic rings. The van der Waals surface area contributed by atoms with Gasteiger partial charge in [-0.05, 0) is 63.1 Å². The fraction of sp³-hybridized carbons (Fsp3) is 0.615. The molecule has 0 radical (unpaired) electrons. The average Bonchev–Trinajstić information content (AvgIpc) is 3.21. The standard InChI is InChI=1S/C26H34F5N3O4.O2S/c1-5-34-22(18-7-6-17(11-15(3)26(29,30)31)12-19(18)38-24(27)28)16(4)21(33-34)23(36)32-13-25(37)9-8-14(2)10-20(25)35;1-3-2/h6-7,12,14-15,20,24,35,37H,5,8-11,13H2,1-4H3,(H,32,36);/t14-,15+,20-,25-;/m0./s1. The molecule has 4 atom stereocenters. The lowest BCUT2D eigenvalue weighted by Crippen LogP contribution is -2.54. The van der Waals surface area contributed by atoms with Gasteiger partial charge in [-0.15, -0.1) is 0 Å². The number of aliphatic hydroxyl groups excluding tert-OH is 1. The van der Waals surface area contributed by atoms with E-state index in [1.165, 1.54) is 16.8 Å². The van der Waals surface area contributed by atoms with Gasteiger partial charge in [-0.1, -0.05) is 19.9 Å². The van der Waals surface area contributed by atoms with Crippen LogP contribution in [0.4, 0.5) is 22.0 Å². The lowest BCUT2D eigenvalue weighted by Gasteiger charge is -2.39. The van der Waals surface area contributed by atoms with Gasteiger partial charge in [0.15, 0.2) is 5.69 Å². The molecule has 1 saturated carbocycles. The van der Waals surface area contributed by atoms with Crippen LogP contribution in [0.25, 0.3) is 11.3 Å². The largest absolute Gasteiger partial charge is 0.434 e. The Hall–Kier alpha value is -2.91. The molecule has 41 heavy (non-hydrogen) atoms.